The molecule has 1 aromatic heterocycles. The minimum absolute atomic E-state index is 0.422. The lowest BCUT2D eigenvalue weighted by Crippen LogP contribution is -2.18. The summed E-state index contributed by atoms with van der Waals surface area (Å²) in [5.41, 5.74) is 8.66. The van der Waals surface area contributed by atoms with E-state index in [1.165, 1.54) is 0 Å². The molecule has 1 aromatic carbocycles. The van der Waals surface area contributed by atoms with E-state index in [-0.39, 0.29) is 0 Å². The lowest BCUT2D eigenvalue weighted by atomic mass is 10.2. The molecule has 1 heterocycles. The van der Waals surface area contributed by atoms with Gasteiger partial charge in [-0.25, -0.2) is 0 Å². The molecule has 0 bridgehead atoms. The van der Waals surface area contributed by atoms with Gasteiger partial charge < -0.3 is 10.6 Å². The number of nitrogen functional groups attached to an aromatic ring is 1. The molecule has 1 unspecified atom stereocenters. The summed E-state index contributed by atoms with van der Waals surface area (Å²) in [4.78, 5) is 2.06. The van der Waals surface area contributed by atoms with Crippen molar-refractivity contribution in [1.29, 1.82) is 0 Å². The summed E-state index contributed by atoms with van der Waals surface area (Å²) in [5.74, 6) is 0. The number of hydrogen-bond donors (Lipinski definition) is 1. The topological polar surface area (TPSA) is 47.1 Å². The fourth-order valence-electron chi connectivity index (χ4n) is 2.07. The van der Waals surface area contributed by atoms with E-state index in [0.717, 1.165) is 23.5 Å². The van der Waals surface area contributed by atoms with Crippen LogP contribution in [-0.2, 0) is 6.54 Å². The Morgan fingerprint density at radius 3 is 2.85 bits per heavy atom. The highest BCUT2D eigenvalue weighted by atomic mass is 35.5. The standard InChI is InChI=1S/C15H21ClN4/c1-4-11(2)20-8-7-13(18-20)10-19(3)15-9-12(16)5-6-14(15)17/h5-9,11H,4,10,17H2,1-3H3. The van der Waals surface area contributed by atoms with Crippen molar-refractivity contribution in [2.75, 3.05) is 17.7 Å². The first kappa shape index (κ1) is 14.7. The molecule has 20 heavy (non-hydrogen) atoms. The van der Waals surface area contributed by atoms with Gasteiger partial charge in [0.05, 0.1) is 23.6 Å². The zero-order valence-electron chi connectivity index (χ0n) is 12.2. The van der Waals surface area contributed by atoms with Crippen LogP contribution in [0.5, 0.6) is 0 Å². The van der Waals surface area contributed by atoms with Gasteiger partial charge in [0, 0.05) is 24.3 Å². The Bertz CT molecular complexity index is 579. The van der Waals surface area contributed by atoms with E-state index < -0.39 is 0 Å². The maximum absolute atomic E-state index is 6.03. The summed E-state index contributed by atoms with van der Waals surface area (Å²) in [5, 5.41) is 5.29. The molecule has 0 aliphatic rings. The third-order valence-electron chi connectivity index (χ3n) is 3.51. The van der Waals surface area contributed by atoms with E-state index in [2.05, 4.69) is 23.8 Å². The summed E-state index contributed by atoms with van der Waals surface area (Å²) in [6.45, 7) is 5.02. The van der Waals surface area contributed by atoms with Gasteiger partial charge in [0.25, 0.3) is 0 Å². The number of rotatable bonds is 5. The Balaban J connectivity index is 2.13. The zero-order valence-corrected chi connectivity index (χ0v) is 12.9. The van der Waals surface area contributed by atoms with E-state index in [4.69, 9.17) is 17.3 Å². The Labute approximate surface area is 125 Å². The van der Waals surface area contributed by atoms with Crippen molar-refractivity contribution in [3.63, 3.8) is 0 Å². The summed E-state index contributed by atoms with van der Waals surface area (Å²) in [7, 11) is 1.99. The van der Waals surface area contributed by atoms with Crippen molar-refractivity contribution in [2.45, 2.75) is 32.9 Å². The third-order valence-corrected chi connectivity index (χ3v) is 3.74. The monoisotopic (exact) mass is 292 g/mol. The van der Waals surface area contributed by atoms with Crippen molar-refractivity contribution in [3.05, 3.63) is 41.2 Å². The Morgan fingerprint density at radius 2 is 2.15 bits per heavy atom. The Hall–Kier alpha value is -1.68. The van der Waals surface area contributed by atoms with Gasteiger partial charge in [0.15, 0.2) is 0 Å². The molecule has 0 amide bonds. The average Bonchev–Trinajstić information content (AvgIpc) is 2.89. The molecular weight excluding hydrogens is 272 g/mol. The maximum atomic E-state index is 6.03. The summed E-state index contributed by atoms with van der Waals surface area (Å²) < 4.78 is 2.00. The molecule has 1 atom stereocenters. The second kappa shape index (κ2) is 6.18. The summed E-state index contributed by atoms with van der Waals surface area (Å²) in [6, 6.07) is 7.97. The predicted molar refractivity (Wildman–Crippen MR) is 85.2 cm³/mol. The van der Waals surface area contributed by atoms with Crippen molar-refractivity contribution >= 4 is 23.0 Å². The highest BCUT2D eigenvalue weighted by Gasteiger charge is 2.10. The van der Waals surface area contributed by atoms with E-state index in [0.29, 0.717) is 17.6 Å². The lowest BCUT2D eigenvalue weighted by molar-refractivity contribution is 0.473. The van der Waals surface area contributed by atoms with Crippen LogP contribution in [0.2, 0.25) is 5.02 Å². The van der Waals surface area contributed by atoms with Crippen molar-refractivity contribution in [3.8, 4) is 0 Å². The first-order valence-electron chi connectivity index (χ1n) is 6.81. The van der Waals surface area contributed by atoms with Crippen molar-refractivity contribution in [2.24, 2.45) is 0 Å². The van der Waals surface area contributed by atoms with Crippen LogP contribution in [0.4, 0.5) is 11.4 Å². The van der Waals surface area contributed by atoms with Gasteiger partial charge in [0.2, 0.25) is 0 Å². The Kier molecular flexibility index (Phi) is 4.55. The van der Waals surface area contributed by atoms with Gasteiger partial charge >= 0.3 is 0 Å². The molecule has 0 saturated heterocycles. The second-order valence-corrected chi connectivity index (χ2v) is 5.54. The van der Waals surface area contributed by atoms with Gasteiger partial charge in [-0.3, -0.25) is 4.68 Å². The van der Waals surface area contributed by atoms with Gasteiger partial charge in [-0.15, -0.1) is 0 Å². The lowest BCUT2D eigenvalue weighted by Gasteiger charge is -2.20. The van der Waals surface area contributed by atoms with Crippen LogP contribution in [0, 0.1) is 0 Å². The van der Waals surface area contributed by atoms with E-state index in [9.17, 15) is 0 Å². The molecule has 0 spiro atoms. The second-order valence-electron chi connectivity index (χ2n) is 5.10. The molecule has 108 valence electrons. The van der Waals surface area contributed by atoms with Crippen LogP contribution in [-0.4, -0.2) is 16.8 Å². The fourth-order valence-corrected chi connectivity index (χ4v) is 2.24. The zero-order chi connectivity index (χ0) is 14.7. The van der Waals surface area contributed by atoms with Crippen LogP contribution in [0.15, 0.2) is 30.5 Å². The molecule has 0 aliphatic carbocycles. The summed E-state index contributed by atoms with van der Waals surface area (Å²) in [6.07, 6.45) is 3.09. The largest absolute Gasteiger partial charge is 0.397 e. The number of nitrogens with two attached hydrogens (primary N) is 1. The Morgan fingerprint density at radius 1 is 1.40 bits per heavy atom. The molecule has 2 N–H and O–H groups in total. The molecule has 0 saturated carbocycles. The molecule has 0 fully saturated rings. The van der Waals surface area contributed by atoms with Crippen molar-refractivity contribution < 1.29 is 0 Å². The molecule has 0 radical (unpaired) electrons. The van der Waals surface area contributed by atoms with E-state index in [1.54, 1.807) is 6.07 Å². The smallest absolute Gasteiger partial charge is 0.0817 e. The predicted octanol–water partition coefficient (Wildman–Crippen LogP) is 3.73. The number of benzene rings is 1. The average molecular weight is 293 g/mol. The number of halogens is 1. The molecule has 2 aromatic rings. The van der Waals surface area contributed by atoms with Crippen LogP contribution < -0.4 is 10.6 Å². The highest BCUT2D eigenvalue weighted by molar-refractivity contribution is 6.31. The molecule has 0 aliphatic heterocycles. The normalized spacial score (nSPS) is 12.4. The molecule has 2 rings (SSSR count). The number of anilines is 2. The molecule has 5 heteroatoms. The van der Waals surface area contributed by atoms with Gasteiger partial charge in [-0.1, -0.05) is 18.5 Å². The minimum Gasteiger partial charge on any atom is -0.397 e. The number of hydrogen-bond acceptors (Lipinski definition) is 3. The van der Waals surface area contributed by atoms with Gasteiger partial charge in [-0.05, 0) is 37.6 Å². The quantitative estimate of drug-likeness (QED) is 0.854. The van der Waals surface area contributed by atoms with E-state index in [1.807, 2.05) is 36.1 Å². The first-order valence-corrected chi connectivity index (χ1v) is 7.19. The third kappa shape index (κ3) is 3.25. The van der Waals surface area contributed by atoms with Gasteiger partial charge in [-0.2, -0.15) is 5.10 Å². The minimum atomic E-state index is 0.422. The number of aromatic nitrogens is 2. The molecule has 4 nitrogen and oxygen atoms in total. The van der Waals surface area contributed by atoms with E-state index >= 15 is 0 Å². The van der Waals surface area contributed by atoms with Crippen LogP contribution in [0.3, 0.4) is 0 Å². The SMILES string of the molecule is CCC(C)n1ccc(CN(C)c2cc(Cl)ccc2N)n1. The molecular formula is C15H21ClN4. The highest BCUT2D eigenvalue weighted by Crippen LogP contribution is 2.27. The van der Waals surface area contributed by atoms with Crippen LogP contribution >= 0.6 is 11.6 Å². The van der Waals surface area contributed by atoms with Crippen LogP contribution in [0.25, 0.3) is 0 Å². The number of nitrogens with zero attached hydrogens (tertiary/aromatic N) is 3. The van der Waals surface area contributed by atoms with Crippen molar-refractivity contribution in [1.82, 2.24) is 9.78 Å². The van der Waals surface area contributed by atoms with Gasteiger partial charge in [0.1, 0.15) is 0 Å². The fraction of sp³-hybridized carbons (Fsp3) is 0.400. The maximum Gasteiger partial charge on any atom is 0.0817 e. The first-order chi connectivity index (χ1) is 9.51. The van der Waals surface area contributed by atoms with Crippen LogP contribution in [0.1, 0.15) is 32.0 Å². The summed E-state index contributed by atoms with van der Waals surface area (Å²) >= 11 is 6.03.